The Morgan fingerprint density at radius 1 is 1.29 bits per heavy atom. The number of thiocarbonyl (C=S) groups is 1. The number of fused-ring (bicyclic) bond motifs is 1. The SMILES string of the molecule is CC(C(N)=S)c1c(-c2ccncc2)nc2ccc(Cl)cn12. The maximum Gasteiger partial charge on any atom is 0.137 e. The van der Waals surface area contributed by atoms with Crippen LogP contribution in [0.25, 0.3) is 16.9 Å². The molecule has 0 aliphatic heterocycles. The first-order valence-electron chi connectivity index (χ1n) is 6.45. The molecule has 0 spiro atoms. The zero-order valence-corrected chi connectivity index (χ0v) is 12.9. The Balaban J connectivity index is 2.33. The number of pyridine rings is 2. The fourth-order valence-electron chi connectivity index (χ4n) is 2.31. The van der Waals surface area contributed by atoms with Crippen LogP contribution in [0, 0.1) is 0 Å². The highest BCUT2D eigenvalue weighted by Gasteiger charge is 2.21. The lowest BCUT2D eigenvalue weighted by atomic mass is 10.0. The molecule has 106 valence electrons. The minimum absolute atomic E-state index is 0.114. The molecule has 0 aromatic carbocycles. The Bertz CT molecular complexity index is 813. The lowest BCUT2D eigenvalue weighted by Crippen LogP contribution is -2.18. The summed E-state index contributed by atoms with van der Waals surface area (Å²) in [6.45, 7) is 1.97. The van der Waals surface area contributed by atoms with Gasteiger partial charge in [-0.05, 0) is 24.3 Å². The third-order valence-electron chi connectivity index (χ3n) is 3.41. The van der Waals surface area contributed by atoms with Crippen LogP contribution in [0.3, 0.4) is 0 Å². The summed E-state index contributed by atoms with van der Waals surface area (Å²) >= 11 is 11.3. The summed E-state index contributed by atoms with van der Waals surface area (Å²) in [4.78, 5) is 9.15. The van der Waals surface area contributed by atoms with E-state index in [9.17, 15) is 0 Å². The number of nitrogens with zero attached hydrogens (tertiary/aromatic N) is 3. The molecular weight excluding hydrogens is 304 g/mol. The molecule has 3 heterocycles. The smallest absolute Gasteiger partial charge is 0.137 e. The second-order valence-electron chi connectivity index (χ2n) is 4.78. The Hall–Kier alpha value is -1.98. The van der Waals surface area contributed by atoms with Gasteiger partial charge >= 0.3 is 0 Å². The van der Waals surface area contributed by atoms with E-state index < -0.39 is 0 Å². The van der Waals surface area contributed by atoms with Crippen molar-refractivity contribution in [1.29, 1.82) is 0 Å². The fraction of sp³-hybridized carbons (Fsp3) is 0.133. The standard InChI is InChI=1S/C15H13ClN4S/c1-9(15(17)21)14-13(10-4-6-18-7-5-10)19-12-3-2-11(16)8-20(12)14/h2-9H,1H3,(H2,17,21). The van der Waals surface area contributed by atoms with Gasteiger partial charge in [-0.2, -0.15) is 0 Å². The van der Waals surface area contributed by atoms with Crippen LogP contribution < -0.4 is 5.73 Å². The first-order valence-corrected chi connectivity index (χ1v) is 7.24. The van der Waals surface area contributed by atoms with Gasteiger partial charge in [-0.15, -0.1) is 0 Å². The van der Waals surface area contributed by atoms with Gasteiger partial charge in [-0.1, -0.05) is 30.7 Å². The van der Waals surface area contributed by atoms with Gasteiger partial charge in [0.15, 0.2) is 0 Å². The average molecular weight is 317 g/mol. The predicted octanol–water partition coefficient (Wildman–Crippen LogP) is 3.44. The third kappa shape index (κ3) is 2.50. The monoisotopic (exact) mass is 316 g/mol. The van der Waals surface area contributed by atoms with Crippen LogP contribution in [-0.4, -0.2) is 19.4 Å². The molecule has 6 heteroatoms. The van der Waals surface area contributed by atoms with Gasteiger partial charge in [0.2, 0.25) is 0 Å². The van der Waals surface area contributed by atoms with Crippen LogP contribution in [0.1, 0.15) is 18.5 Å². The van der Waals surface area contributed by atoms with E-state index in [1.165, 1.54) is 0 Å². The summed E-state index contributed by atoms with van der Waals surface area (Å²) < 4.78 is 1.95. The maximum absolute atomic E-state index is 6.11. The van der Waals surface area contributed by atoms with Crippen molar-refractivity contribution in [2.75, 3.05) is 0 Å². The van der Waals surface area contributed by atoms with Gasteiger partial charge in [0.25, 0.3) is 0 Å². The molecule has 0 saturated carbocycles. The van der Waals surface area contributed by atoms with Crippen molar-refractivity contribution in [3.63, 3.8) is 0 Å². The summed E-state index contributed by atoms with van der Waals surface area (Å²) in [5, 5.41) is 0.637. The van der Waals surface area contributed by atoms with Gasteiger partial charge in [0.1, 0.15) is 5.65 Å². The number of hydrogen-bond donors (Lipinski definition) is 1. The molecule has 4 nitrogen and oxygen atoms in total. The molecule has 0 bridgehead atoms. The van der Waals surface area contributed by atoms with Crippen LogP contribution in [-0.2, 0) is 0 Å². The highest BCUT2D eigenvalue weighted by molar-refractivity contribution is 7.80. The molecule has 3 aromatic rings. The molecule has 0 aliphatic rings. The van der Waals surface area contributed by atoms with Crippen LogP contribution >= 0.6 is 23.8 Å². The molecule has 3 rings (SSSR count). The molecule has 0 fully saturated rings. The van der Waals surface area contributed by atoms with Gasteiger partial charge < -0.3 is 10.1 Å². The normalized spacial score (nSPS) is 12.5. The van der Waals surface area contributed by atoms with Crippen molar-refractivity contribution < 1.29 is 0 Å². The maximum atomic E-state index is 6.11. The molecule has 2 N–H and O–H groups in total. The number of hydrogen-bond acceptors (Lipinski definition) is 3. The van der Waals surface area contributed by atoms with Crippen LogP contribution in [0.15, 0.2) is 42.9 Å². The number of nitrogens with two attached hydrogens (primary N) is 1. The second kappa shape index (κ2) is 5.42. The van der Waals surface area contributed by atoms with E-state index in [0.29, 0.717) is 10.0 Å². The van der Waals surface area contributed by atoms with E-state index in [0.717, 1.165) is 22.6 Å². The molecule has 0 aliphatic carbocycles. The van der Waals surface area contributed by atoms with Crippen LogP contribution in [0.2, 0.25) is 5.02 Å². The molecular formula is C15H13ClN4S. The highest BCUT2D eigenvalue weighted by Crippen LogP contribution is 2.30. The van der Waals surface area contributed by atoms with Gasteiger partial charge in [0.05, 0.1) is 21.4 Å². The Labute approximate surface area is 132 Å². The molecule has 1 atom stereocenters. The van der Waals surface area contributed by atoms with E-state index in [2.05, 4.69) is 9.97 Å². The van der Waals surface area contributed by atoms with Crippen molar-refractivity contribution in [2.45, 2.75) is 12.8 Å². The summed E-state index contributed by atoms with van der Waals surface area (Å²) in [6.07, 6.45) is 5.31. The zero-order valence-electron chi connectivity index (χ0n) is 11.3. The minimum Gasteiger partial charge on any atom is -0.393 e. The van der Waals surface area contributed by atoms with E-state index in [4.69, 9.17) is 29.6 Å². The van der Waals surface area contributed by atoms with Crippen molar-refractivity contribution in [1.82, 2.24) is 14.4 Å². The summed E-state index contributed by atoms with van der Waals surface area (Å²) in [5.41, 5.74) is 9.42. The van der Waals surface area contributed by atoms with Gasteiger partial charge in [-0.3, -0.25) is 4.98 Å². The number of aromatic nitrogens is 3. The summed E-state index contributed by atoms with van der Waals surface area (Å²) in [5.74, 6) is -0.114. The first-order chi connectivity index (χ1) is 10.1. The number of rotatable bonds is 3. The van der Waals surface area contributed by atoms with E-state index in [1.54, 1.807) is 12.4 Å². The summed E-state index contributed by atoms with van der Waals surface area (Å²) in [7, 11) is 0. The third-order valence-corrected chi connectivity index (χ3v) is 3.99. The number of halogens is 1. The Morgan fingerprint density at radius 2 is 2.00 bits per heavy atom. The van der Waals surface area contributed by atoms with E-state index >= 15 is 0 Å². The molecule has 3 aromatic heterocycles. The Morgan fingerprint density at radius 3 is 2.67 bits per heavy atom. The summed E-state index contributed by atoms with van der Waals surface area (Å²) in [6, 6.07) is 7.52. The molecule has 0 amide bonds. The average Bonchev–Trinajstić information content (AvgIpc) is 2.85. The second-order valence-corrected chi connectivity index (χ2v) is 5.69. The van der Waals surface area contributed by atoms with Crippen molar-refractivity contribution >= 4 is 34.5 Å². The lowest BCUT2D eigenvalue weighted by Gasteiger charge is -2.12. The number of imidazole rings is 1. The molecule has 1 unspecified atom stereocenters. The quantitative estimate of drug-likeness (QED) is 0.752. The highest BCUT2D eigenvalue weighted by atomic mass is 35.5. The van der Waals surface area contributed by atoms with E-state index in [1.807, 2.05) is 41.8 Å². The topological polar surface area (TPSA) is 56.2 Å². The molecule has 0 saturated heterocycles. The van der Waals surface area contributed by atoms with Crippen LogP contribution in [0.5, 0.6) is 0 Å². The lowest BCUT2D eigenvalue weighted by molar-refractivity contribution is 0.930. The van der Waals surface area contributed by atoms with Crippen molar-refractivity contribution in [3.05, 3.63) is 53.6 Å². The van der Waals surface area contributed by atoms with Crippen LogP contribution in [0.4, 0.5) is 0 Å². The van der Waals surface area contributed by atoms with Crippen molar-refractivity contribution in [3.8, 4) is 11.3 Å². The van der Waals surface area contributed by atoms with Gasteiger partial charge in [0, 0.05) is 30.1 Å². The van der Waals surface area contributed by atoms with Crippen molar-refractivity contribution in [2.24, 2.45) is 5.73 Å². The fourth-order valence-corrected chi connectivity index (χ4v) is 2.58. The van der Waals surface area contributed by atoms with Gasteiger partial charge in [-0.25, -0.2) is 4.98 Å². The minimum atomic E-state index is -0.114. The Kier molecular flexibility index (Phi) is 3.61. The molecule has 21 heavy (non-hydrogen) atoms. The first kappa shape index (κ1) is 14.0. The van der Waals surface area contributed by atoms with E-state index in [-0.39, 0.29) is 5.92 Å². The predicted molar refractivity (Wildman–Crippen MR) is 88.6 cm³/mol. The zero-order chi connectivity index (χ0) is 15.0. The molecule has 0 radical (unpaired) electrons. The largest absolute Gasteiger partial charge is 0.393 e.